The summed E-state index contributed by atoms with van der Waals surface area (Å²) < 4.78 is 14.8. The van der Waals surface area contributed by atoms with E-state index in [0.717, 1.165) is 5.69 Å². The van der Waals surface area contributed by atoms with Gasteiger partial charge in [-0.05, 0) is 39.8 Å². The average Bonchev–Trinajstić information content (AvgIpc) is 2.28. The molecule has 0 aromatic carbocycles. The van der Waals surface area contributed by atoms with Crippen LogP contribution in [-0.2, 0) is 22.6 Å². The number of ketones is 1. The standard InChI is InChI=1S/C14H22N2O2S/c1-11(17)9-13(16-19(18)14(2,3)4)10-12-7-5-6-8-15-12/h5-8,13,16H,9-10H2,1-4H3/t13-,19?/m0/s1. The van der Waals surface area contributed by atoms with E-state index in [2.05, 4.69) is 9.71 Å². The topological polar surface area (TPSA) is 65.0 Å². The molecule has 0 aliphatic rings. The minimum atomic E-state index is -1.19. The van der Waals surface area contributed by atoms with Gasteiger partial charge in [0.05, 0.1) is 6.04 Å². The number of carbonyl (C=O) groups excluding carboxylic acids is 1. The van der Waals surface area contributed by atoms with Gasteiger partial charge >= 0.3 is 0 Å². The lowest BCUT2D eigenvalue weighted by Crippen LogP contribution is -2.46. The van der Waals surface area contributed by atoms with Gasteiger partial charge in [0, 0.05) is 36.1 Å². The van der Waals surface area contributed by atoms with Gasteiger partial charge in [-0.15, -0.1) is 4.72 Å². The molecule has 0 amide bonds. The van der Waals surface area contributed by atoms with E-state index in [1.807, 2.05) is 39.0 Å². The summed E-state index contributed by atoms with van der Waals surface area (Å²) in [4.78, 5) is 15.6. The van der Waals surface area contributed by atoms with Crippen molar-refractivity contribution in [2.45, 2.75) is 51.3 Å². The van der Waals surface area contributed by atoms with Crippen molar-refractivity contribution >= 4 is 17.1 Å². The molecule has 0 bridgehead atoms. The highest BCUT2D eigenvalue weighted by molar-refractivity contribution is 7.90. The summed E-state index contributed by atoms with van der Waals surface area (Å²) in [5.74, 6) is 0.0827. The quantitative estimate of drug-likeness (QED) is 0.811. The fourth-order valence-corrected chi connectivity index (χ4v) is 2.42. The van der Waals surface area contributed by atoms with Crippen LogP contribution >= 0.6 is 0 Å². The SMILES string of the molecule is CC(=O)C[C@@H](Cc1ccccn1)N[S+]([O-])C(C)(C)C. The Hall–Kier alpha value is -0.910. The van der Waals surface area contributed by atoms with Crippen LogP contribution in [0.1, 0.15) is 39.8 Å². The molecule has 1 aromatic heterocycles. The highest BCUT2D eigenvalue weighted by Crippen LogP contribution is 2.15. The van der Waals surface area contributed by atoms with Crippen LogP contribution in [0.25, 0.3) is 0 Å². The lowest BCUT2D eigenvalue weighted by molar-refractivity contribution is -0.117. The summed E-state index contributed by atoms with van der Waals surface area (Å²) in [6.45, 7) is 7.26. The molecule has 5 heteroatoms. The maximum Gasteiger partial charge on any atom is 0.136 e. The molecule has 0 spiro atoms. The van der Waals surface area contributed by atoms with Crippen LogP contribution in [0.3, 0.4) is 0 Å². The third kappa shape index (κ3) is 6.18. The van der Waals surface area contributed by atoms with Gasteiger partial charge in [0.1, 0.15) is 10.5 Å². The molecule has 0 aliphatic carbocycles. The number of carbonyl (C=O) groups is 1. The summed E-state index contributed by atoms with van der Waals surface area (Å²) in [6, 6.07) is 5.53. The van der Waals surface area contributed by atoms with Crippen molar-refractivity contribution in [2.24, 2.45) is 0 Å². The largest absolute Gasteiger partial charge is 0.598 e. The number of hydrogen-bond acceptors (Lipinski definition) is 4. The lowest BCUT2D eigenvalue weighted by atomic mass is 10.1. The molecule has 19 heavy (non-hydrogen) atoms. The molecule has 106 valence electrons. The molecule has 0 aliphatic heterocycles. The molecule has 0 fully saturated rings. The van der Waals surface area contributed by atoms with E-state index in [4.69, 9.17) is 0 Å². The normalized spacial score (nSPS) is 15.0. The second-order valence-corrected chi connectivity index (χ2v) is 7.63. The van der Waals surface area contributed by atoms with Crippen LogP contribution in [-0.4, -0.2) is 26.1 Å². The van der Waals surface area contributed by atoms with E-state index in [1.165, 1.54) is 0 Å². The zero-order valence-electron chi connectivity index (χ0n) is 12.0. The first-order valence-electron chi connectivity index (χ1n) is 6.36. The smallest absolute Gasteiger partial charge is 0.136 e. The maximum atomic E-state index is 12.1. The molecule has 2 atom stereocenters. The minimum absolute atomic E-state index is 0.0827. The molecular weight excluding hydrogens is 260 g/mol. The Morgan fingerprint density at radius 2 is 2.16 bits per heavy atom. The van der Waals surface area contributed by atoms with Crippen molar-refractivity contribution in [3.8, 4) is 0 Å². The molecule has 1 N–H and O–H groups in total. The third-order valence-corrected chi connectivity index (χ3v) is 4.21. The highest BCUT2D eigenvalue weighted by atomic mass is 32.2. The number of pyridine rings is 1. The van der Waals surface area contributed by atoms with Gasteiger partial charge in [0.25, 0.3) is 0 Å². The first kappa shape index (κ1) is 16.1. The molecule has 1 rings (SSSR count). The Bertz CT molecular complexity index is 404. The first-order chi connectivity index (χ1) is 8.79. The number of aromatic nitrogens is 1. The van der Waals surface area contributed by atoms with Crippen molar-refractivity contribution in [3.05, 3.63) is 30.1 Å². The Kier molecular flexibility index (Phi) is 5.97. The Morgan fingerprint density at radius 3 is 2.63 bits per heavy atom. The van der Waals surface area contributed by atoms with Gasteiger partial charge in [-0.25, -0.2) is 0 Å². The number of nitrogens with one attached hydrogen (secondary N) is 1. The molecule has 1 aromatic rings. The summed E-state index contributed by atoms with van der Waals surface area (Å²) in [6.07, 6.45) is 2.68. The third-order valence-electron chi connectivity index (χ3n) is 2.55. The van der Waals surface area contributed by atoms with Crippen molar-refractivity contribution < 1.29 is 9.35 Å². The van der Waals surface area contributed by atoms with E-state index in [9.17, 15) is 9.35 Å². The molecular formula is C14H22N2O2S. The van der Waals surface area contributed by atoms with Gasteiger partial charge in [-0.3, -0.25) is 9.78 Å². The van der Waals surface area contributed by atoms with E-state index >= 15 is 0 Å². The van der Waals surface area contributed by atoms with Gasteiger partial charge in [0.15, 0.2) is 0 Å². The predicted molar refractivity (Wildman–Crippen MR) is 78.1 cm³/mol. The summed E-state index contributed by atoms with van der Waals surface area (Å²) in [5, 5.41) is 0. The predicted octanol–water partition coefficient (Wildman–Crippen LogP) is 2.02. The van der Waals surface area contributed by atoms with Crippen LogP contribution in [0.5, 0.6) is 0 Å². The van der Waals surface area contributed by atoms with Crippen molar-refractivity contribution in [1.29, 1.82) is 0 Å². The number of Topliss-reactive ketones (excluding diaryl/α,β-unsaturated/α-hetero) is 1. The van der Waals surface area contributed by atoms with Crippen molar-refractivity contribution in [2.75, 3.05) is 0 Å². The number of nitrogens with zero attached hydrogens (tertiary/aromatic N) is 1. The molecule has 1 unspecified atom stereocenters. The summed E-state index contributed by atoms with van der Waals surface area (Å²) in [5.41, 5.74) is 0.896. The second-order valence-electron chi connectivity index (χ2n) is 5.63. The molecule has 0 saturated heterocycles. The van der Waals surface area contributed by atoms with Crippen LogP contribution in [0.15, 0.2) is 24.4 Å². The number of hydrogen-bond donors (Lipinski definition) is 1. The zero-order chi connectivity index (χ0) is 14.5. The van der Waals surface area contributed by atoms with Crippen molar-refractivity contribution in [1.82, 2.24) is 9.71 Å². The van der Waals surface area contributed by atoms with E-state index in [1.54, 1.807) is 13.1 Å². The molecule has 4 nitrogen and oxygen atoms in total. The monoisotopic (exact) mass is 282 g/mol. The Morgan fingerprint density at radius 1 is 1.47 bits per heavy atom. The van der Waals surface area contributed by atoms with E-state index in [-0.39, 0.29) is 16.6 Å². The molecule has 0 saturated carbocycles. The van der Waals surface area contributed by atoms with E-state index in [0.29, 0.717) is 12.8 Å². The summed E-state index contributed by atoms with van der Waals surface area (Å²) in [7, 11) is 0. The zero-order valence-corrected chi connectivity index (χ0v) is 12.8. The van der Waals surface area contributed by atoms with Crippen LogP contribution < -0.4 is 4.72 Å². The highest BCUT2D eigenvalue weighted by Gasteiger charge is 2.29. The number of rotatable bonds is 6. The molecule has 0 radical (unpaired) electrons. The van der Waals surface area contributed by atoms with Gasteiger partial charge < -0.3 is 4.55 Å². The van der Waals surface area contributed by atoms with Crippen LogP contribution in [0.2, 0.25) is 0 Å². The first-order valence-corrected chi connectivity index (χ1v) is 7.51. The molecule has 1 heterocycles. The fraction of sp³-hybridized carbons (Fsp3) is 0.571. The fourth-order valence-electron chi connectivity index (χ4n) is 1.60. The average molecular weight is 282 g/mol. The van der Waals surface area contributed by atoms with E-state index < -0.39 is 11.4 Å². The van der Waals surface area contributed by atoms with Crippen LogP contribution in [0.4, 0.5) is 0 Å². The van der Waals surface area contributed by atoms with Crippen molar-refractivity contribution in [3.63, 3.8) is 0 Å². The maximum absolute atomic E-state index is 12.1. The van der Waals surface area contributed by atoms with Gasteiger partial charge in [0.2, 0.25) is 0 Å². The summed E-state index contributed by atoms with van der Waals surface area (Å²) >= 11 is -1.19. The van der Waals surface area contributed by atoms with Crippen LogP contribution in [0, 0.1) is 0 Å². The Labute approximate surface area is 118 Å². The Balaban J connectivity index is 2.70. The second kappa shape index (κ2) is 7.03. The lowest BCUT2D eigenvalue weighted by Gasteiger charge is -2.27. The van der Waals surface area contributed by atoms with Gasteiger partial charge in [-0.2, -0.15) is 0 Å². The minimum Gasteiger partial charge on any atom is -0.598 e. The van der Waals surface area contributed by atoms with Gasteiger partial charge in [-0.1, -0.05) is 6.07 Å².